The van der Waals surface area contributed by atoms with Gasteiger partial charge in [0.1, 0.15) is 5.69 Å². The highest BCUT2D eigenvalue weighted by atomic mass is 79.9. The minimum Gasteiger partial charge on any atom is -0.330 e. The fourth-order valence-corrected chi connectivity index (χ4v) is 2.17. The zero-order valence-electron chi connectivity index (χ0n) is 8.52. The van der Waals surface area contributed by atoms with Gasteiger partial charge in [-0.1, -0.05) is 28.9 Å². The fourth-order valence-electron chi connectivity index (χ4n) is 1.55. The summed E-state index contributed by atoms with van der Waals surface area (Å²) in [5.74, 6) is -0.383. The lowest BCUT2D eigenvalue weighted by Crippen LogP contribution is -2.20. The summed E-state index contributed by atoms with van der Waals surface area (Å²) >= 11 is 9.06. The minimum atomic E-state index is -0.383. The number of nitrogens with zero attached hydrogens (tertiary/aromatic N) is 1. The second kappa shape index (κ2) is 4.55. The smallest absolute Gasteiger partial charge is 0.201 e. The molecule has 0 amide bonds. The van der Waals surface area contributed by atoms with Crippen LogP contribution in [0.1, 0.15) is 18.9 Å². The highest BCUT2D eigenvalue weighted by molar-refractivity contribution is 9.10. The van der Waals surface area contributed by atoms with Crippen LogP contribution in [0.3, 0.4) is 0 Å². The summed E-state index contributed by atoms with van der Waals surface area (Å²) in [4.78, 5) is 3.95. The Morgan fingerprint density at radius 3 is 3.00 bits per heavy atom. The predicted molar refractivity (Wildman–Crippen MR) is 68.5 cm³/mol. The maximum atomic E-state index is 13.7. The van der Waals surface area contributed by atoms with Crippen LogP contribution in [-0.2, 0) is 0 Å². The predicted octanol–water partition coefficient (Wildman–Crippen LogP) is 4.17. The lowest BCUT2D eigenvalue weighted by molar-refractivity contribution is 0.628. The highest BCUT2D eigenvalue weighted by Gasteiger charge is 2.18. The van der Waals surface area contributed by atoms with Gasteiger partial charge in [0.2, 0.25) is 5.29 Å². The Morgan fingerprint density at radius 2 is 2.31 bits per heavy atom. The van der Waals surface area contributed by atoms with Crippen LogP contribution in [-0.4, -0.2) is 5.29 Å². The molecule has 16 heavy (non-hydrogen) atoms. The van der Waals surface area contributed by atoms with Crippen LogP contribution in [0.5, 0.6) is 0 Å². The number of fused-ring (bicyclic) bond motifs is 1. The summed E-state index contributed by atoms with van der Waals surface area (Å²) in [6.45, 7) is 2.00. The van der Waals surface area contributed by atoms with Gasteiger partial charge in [0.05, 0.1) is 0 Å². The number of rotatable bonds is 1. The molecule has 0 aliphatic carbocycles. The maximum absolute atomic E-state index is 13.7. The van der Waals surface area contributed by atoms with E-state index < -0.39 is 0 Å². The molecule has 84 valence electrons. The van der Waals surface area contributed by atoms with Gasteiger partial charge in [-0.25, -0.2) is 9.38 Å². The number of benzene rings is 1. The molecule has 0 bridgehead atoms. The molecular formula is C11H9BrClFN2. The van der Waals surface area contributed by atoms with E-state index in [9.17, 15) is 4.39 Å². The van der Waals surface area contributed by atoms with Crippen LogP contribution in [0.25, 0.3) is 5.70 Å². The van der Waals surface area contributed by atoms with Crippen molar-refractivity contribution in [1.29, 1.82) is 0 Å². The normalized spacial score (nSPS) is 16.8. The van der Waals surface area contributed by atoms with Crippen molar-refractivity contribution in [2.75, 3.05) is 0 Å². The topological polar surface area (TPSA) is 24.4 Å². The third-order valence-corrected chi connectivity index (χ3v) is 2.81. The standard InChI is InChI=1S/C11H9BrClFN2/c1-2-3-9-7-4-6(12)5-8(14)10(7)16-11(13)15-9/h3-5H,2H2,1H3,(H,15,16)/b9-3+. The van der Waals surface area contributed by atoms with Crippen LogP contribution in [0.15, 0.2) is 27.7 Å². The Hall–Kier alpha value is -0.870. The Kier molecular flexibility index (Phi) is 3.30. The molecule has 1 heterocycles. The number of hydrogen-bond donors (Lipinski definition) is 1. The van der Waals surface area contributed by atoms with E-state index in [0.29, 0.717) is 4.47 Å². The van der Waals surface area contributed by atoms with Gasteiger partial charge in [0.25, 0.3) is 0 Å². The number of amidine groups is 1. The molecule has 0 spiro atoms. The zero-order chi connectivity index (χ0) is 11.7. The molecule has 2 rings (SSSR count). The third kappa shape index (κ3) is 2.13. The van der Waals surface area contributed by atoms with E-state index in [4.69, 9.17) is 11.6 Å². The number of halogens is 3. The van der Waals surface area contributed by atoms with Gasteiger partial charge in [0, 0.05) is 15.7 Å². The van der Waals surface area contributed by atoms with Crippen molar-refractivity contribution in [2.45, 2.75) is 13.3 Å². The van der Waals surface area contributed by atoms with E-state index in [2.05, 4.69) is 26.2 Å². The summed E-state index contributed by atoms with van der Waals surface area (Å²) in [5, 5.41) is 3.11. The van der Waals surface area contributed by atoms with E-state index in [1.807, 2.05) is 19.1 Å². The van der Waals surface area contributed by atoms with Crippen molar-refractivity contribution in [3.63, 3.8) is 0 Å². The van der Waals surface area contributed by atoms with Gasteiger partial charge in [-0.05, 0) is 30.2 Å². The minimum absolute atomic E-state index is 0.188. The Labute approximate surface area is 106 Å². The second-order valence-electron chi connectivity index (χ2n) is 3.34. The zero-order valence-corrected chi connectivity index (χ0v) is 10.9. The van der Waals surface area contributed by atoms with Crippen molar-refractivity contribution in [2.24, 2.45) is 4.99 Å². The van der Waals surface area contributed by atoms with E-state index in [1.165, 1.54) is 6.07 Å². The number of aliphatic imine (C=N–C) groups is 1. The number of nitrogens with one attached hydrogen (secondary N) is 1. The molecule has 0 fully saturated rings. The largest absolute Gasteiger partial charge is 0.330 e. The Morgan fingerprint density at radius 1 is 1.56 bits per heavy atom. The van der Waals surface area contributed by atoms with Gasteiger partial charge in [-0.15, -0.1) is 0 Å². The Balaban J connectivity index is 2.66. The first kappa shape index (κ1) is 11.6. The fraction of sp³-hybridized carbons (Fsp3) is 0.182. The van der Waals surface area contributed by atoms with Crippen molar-refractivity contribution in [3.8, 4) is 0 Å². The van der Waals surface area contributed by atoms with Crippen LogP contribution < -0.4 is 5.32 Å². The first-order valence-corrected chi connectivity index (χ1v) is 5.99. The van der Waals surface area contributed by atoms with Crippen LogP contribution in [0, 0.1) is 5.82 Å². The summed E-state index contributed by atoms with van der Waals surface area (Å²) in [7, 11) is 0. The summed E-state index contributed by atoms with van der Waals surface area (Å²) in [6, 6.07) is 3.20. The van der Waals surface area contributed by atoms with E-state index in [1.54, 1.807) is 0 Å². The van der Waals surface area contributed by atoms with Crippen LogP contribution in [0.4, 0.5) is 10.1 Å². The molecule has 1 N–H and O–H groups in total. The van der Waals surface area contributed by atoms with Crippen molar-refractivity contribution >= 4 is 44.2 Å². The van der Waals surface area contributed by atoms with Crippen molar-refractivity contribution < 1.29 is 4.39 Å². The van der Waals surface area contributed by atoms with Gasteiger partial charge in [-0.2, -0.15) is 0 Å². The molecule has 1 aliphatic heterocycles. The van der Waals surface area contributed by atoms with Gasteiger partial charge in [0.15, 0.2) is 5.82 Å². The quantitative estimate of drug-likeness (QED) is 0.774. The Bertz CT molecular complexity index is 497. The summed E-state index contributed by atoms with van der Waals surface area (Å²) in [5.41, 5.74) is 1.79. The molecule has 0 radical (unpaired) electrons. The monoisotopic (exact) mass is 302 g/mol. The van der Waals surface area contributed by atoms with Crippen molar-refractivity contribution in [3.05, 3.63) is 34.1 Å². The maximum Gasteiger partial charge on any atom is 0.201 e. The molecule has 1 aliphatic rings. The first-order chi connectivity index (χ1) is 7.61. The lowest BCUT2D eigenvalue weighted by Gasteiger charge is -2.18. The lowest BCUT2D eigenvalue weighted by atomic mass is 10.1. The molecular weight excluding hydrogens is 294 g/mol. The second-order valence-corrected chi connectivity index (χ2v) is 4.61. The average Bonchev–Trinajstić information content (AvgIpc) is 2.20. The summed E-state index contributed by atoms with van der Waals surface area (Å²) < 4.78 is 14.3. The molecule has 0 unspecified atom stereocenters. The highest BCUT2D eigenvalue weighted by Crippen LogP contribution is 2.34. The molecule has 0 atom stereocenters. The van der Waals surface area contributed by atoms with Gasteiger partial charge >= 0.3 is 0 Å². The van der Waals surface area contributed by atoms with E-state index in [-0.39, 0.29) is 16.8 Å². The average molecular weight is 304 g/mol. The van der Waals surface area contributed by atoms with Crippen LogP contribution >= 0.6 is 27.5 Å². The summed E-state index contributed by atoms with van der Waals surface area (Å²) in [6.07, 6.45) is 2.78. The first-order valence-electron chi connectivity index (χ1n) is 4.82. The molecule has 0 saturated carbocycles. The van der Waals surface area contributed by atoms with Gasteiger partial charge < -0.3 is 5.32 Å². The molecule has 2 nitrogen and oxygen atoms in total. The SMILES string of the molecule is CC/C=C1/NC(Cl)=Nc2c(F)cc(Br)cc21. The van der Waals surface area contributed by atoms with Crippen LogP contribution in [0.2, 0.25) is 0 Å². The van der Waals surface area contributed by atoms with Crippen molar-refractivity contribution in [1.82, 2.24) is 5.32 Å². The molecule has 1 aromatic rings. The molecule has 5 heteroatoms. The third-order valence-electron chi connectivity index (χ3n) is 2.17. The molecule has 0 saturated heterocycles. The molecule has 0 aromatic heterocycles. The van der Waals surface area contributed by atoms with Gasteiger partial charge in [-0.3, -0.25) is 0 Å². The van der Waals surface area contributed by atoms with E-state index >= 15 is 0 Å². The molecule has 1 aromatic carbocycles. The number of hydrogen-bond acceptors (Lipinski definition) is 2. The van der Waals surface area contributed by atoms with E-state index in [0.717, 1.165) is 17.7 Å². The number of allylic oxidation sites excluding steroid dienone is 1.